The van der Waals surface area contributed by atoms with Gasteiger partial charge in [0, 0.05) is 12.0 Å². The van der Waals surface area contributed by atoms with E-state index in [2.05, 4.69) is 15.3 Å². The molecule has 0 saturated carbocycles. The molecule has 5 heteroatoms. The highest BCUT2D eigenvalue weighted by molar-refractivity contribution is 6.29. The Morgan fingerprint density at radius 2 is 2.33 bits per heavy atom. The molecule has 4 nitrogen and oxygen atoms in total. The number of rotatable bonds is 4. The minimum absolute atomic E-state index is 0.0104. The molecule has 15 heavy (non-hydrogen) atoms. The van der Waals surface area contributed by atoms with Crippen molar-refractivity contribution in [1.29, 1.82) is 0 Å². The number of aromatic nitrogens is 2. The lowest BCUT2D eigenvalue weighted by molar-refractivity contribution is -0.119. The largest absolute Gasteiger partial charge is 0.310 e. The van der Waals surface area contributed by atoms with Crippen molar-refractivity contribution in [3.63, 3.8) is 0 Å². The molecule has 82 valence electrons. The second-order valence-corrected chi connectivity index (χ2v) is 3.79. The molecule has 0 spiro atoms. The van der Waals surface area contributed by atoms with Crippen LogP contribution in [0.4, 0.5) is 5.82 Å². The Balaban J connectivity index is 2.58. The number of nitrogens with zero attached hydrogens (tertiary/aromatic N) is 2. The molecule has 1 atom stereocenters. The van der Waals surface area contributed by atoms with Crippen LogP contribution in [-0.2, 0) is 4.79 Å². The van der Waals surface area contributed by atoms with E-state index in [1.807, 2.05) is 13.8 Å². The molecule has 1 N–H and O–H groups in total. The standard InChI is InChI=1S/C10H14ClN3O/c1-3-4-7(2)10(15)14-9-5-8(11)12-6-13-9/h5-7H,3-4H2,1-2H3,(H,12,13,14,15). The lowest BCUT2D eigenvalue weighted by atomic mass is 10.1. The van der Waals surface area contributed by atoms with Gasteiger partial charge in [0.05, 0.1) is 0 Å². The number of amides is 1. The van der Waals surface area contributed by atoms with Crippen molar-refractivity contribution >= 4 is 23.3 Å². The van der Waals surface area contributed by atoms with Gasteiger partial charge in [-0.15, -0.1) is 0 Å². The summed E-state index contributed by atoms with van der Waals surface area (Å²) in [6.45, 7) is 3.94. The van der Waals surface area contributed by atoms with Gasteiger partial charge in [0.15, 0.2) is 0 Å². The van der Waals surface area contributed by atoms with Gasteiger partial charge in [-0.3, -0.25) is 4.79 Å². The summed E-state index contributed by atoms with van der Waals surface area (Å²) >= 11 is 5.67. The third kappa shape index (κ3) is 3.83. The number of carbonyl (C=O) groups excluding carboxylic acids is 1. The number of nitrogens with one attached hydrogen (secondary N) is 1. The number of hydrogen-bond donors (Lipinski definition) is 1. The highest BCUT2D eigenvalue weighted by atomic mass is 35.5. The van der Waals surface area contributed by atoms with Gasteiger partial charge in [-0.05, 0) is 6.42 Å². The first kappa shape index (κ1) is 11.9. The van der Waals surface area contributed by atoms with E-state index in [0.29, 0.717) is 11.0 Å². The molecular weight excluding hydrogens is 214 g/mol. The maximum absolute atomic E-state index is 11.6. The first-order chi connectivity index (χ1) is 7.13. The molecule has 0 fully saturated rings. The van der Waals surface area contributed by atoms with Crippen LogP contribution in [-0.4, -0.2) is 15.9 Å². The number of hydrogen-bond acceptors (Lipinski definition) is 3. The summed E-state index contributed by atoms with van der Waals surface area (Å²) in [6, 6.07) is 1.53. The van der Waals surface area contributed by atoms with Gasteiger partial charge in [0.2, 0.25) is 5.91 Å². The quantitative estimate of drug-likeness (QED) is 0.805. The maximum atomic E-state index is 11.6. The van der Waals surface area contributed by atoms with Crippen molar-refractivity contribution < 1.29 is 4.79 Å². The summed E-state index contributed by atoms with van der Waals surface area (Å²) < 4.78 is 0. The molecule has 1 amide bonds. The van der Waals surface area contributed by atoms with Gasteiger partial charge in [-0.1, -0.05) is 31.9 Å². The molecule has 0 aromatic carbocycles. The zero-order chi connectivity index (χ0) is 11.3. The third-order valence-electron chi connectivity index (χ3n) is 2.05. The van der Waals surface area contributed by atoms with E-state index in [0.717, 1.165) is 12.8 Å². The topological polar surface area (TPSA) is 54.9 Å². The average Bonchev–Trinajstić information content (AvgIpc) is 2.18. The normalized spacial score (nSPS) is 12.2. The highest BCUT2D eigenvalue weighted by Gasteiger charge is 2.12. The van der Waals surface area contributed by atoms with Crippen LogP contribution in [0.25, 0.3) is 0 Å². The summed E-state index contributed by atoms with van der Waals surface area (Å²) in [7, 11) is 0. The molecule has 1 rings (SSSR count). The summed E-state index contributed by atoms with van der Waals surface area (Å²) in [5, 5.41) is 3.02. The van der Waals surface area contributed by atoms with Crippen molar-refractivity contribution in [2.45, 2.75) is 26.7 Å². The summed E-state index contributed by atoms with van der Waals surface area (Å²) in [5.74, 6) is 0.401. The SMILES string of the molecule is CCCC(C)C(=O)Nc1cc(Cl)ncn1. The van der Waals surface area contributed by atoms with Crippen molar-refractivity contribution in [3.8, 4) is 0 Å². The van der Waals surface area contributed by atoms with Crippen LogP contribution in [0.5, 0.6) is 0 Å². The van der Waals surface area contributed by atoms with Crippen LogP contribution in [0.1, 0.15) is 26.7 Å². The third-order valence-corrected chi connectivity index (χ3v) is 2.26. The Kier molecular flexibility index (Phi) is 4.49. The predicted octanol–water partition coefficient (Wildman–Crippen LogP) is 2.50. The van der Waals surface area contributed by atoms with Gasteiger partial charge in [-0.2, -0.15) is 0 Å². The maximum Gasteiger partial charge on any atom is 0.228 e. The molecule has 0 aliphatic heterocycles. The molecule has 0 aliphatic carbocycles. The molecule has 1 unspecified atom stereocenters. The fourth-order valence-corrected chi connectivity index (χ4v) is 1.36. The summed E-state index contributed by atoms with van der Waals surface area (Å²) in [6.07, 6.45) is 3.17. The Bertz CT molecular complexity index is 343. The molecule has 1 aromatic heterocycles. The molecule has 0 radical (unpaired) electrons. The van der Waals surface area contributed by atoms with Crippen LogP contribution < -0.4 is 5.32 Å². The Morgan fingerprint density at radius 3 is 2.93 bits per heavy atom. The van der Waals surface area contributed by atoms with Crippen LogP contribution in [0.3, 0.4) is 0 Å². The van der Waals surface area contributed by atoms with Crippen LogP contribution in [0.15, 0.2) is 12.4 Å². The van der Waals surface area contributed by atoms with Crippen LogP contribution in [0, 0.1) is 5.92 Å². The lowest BCUT2D eigenvalue weighted by Gasteiger charge is -2.09. The van der Waals surface area contributed by atoms with E-state index in [-0.39, 0.29) is 11.8 Å². The van der Waals surface area contributed by atoms with Crippen molar-refractivity contribution in [1.82, 2.24) is 9.97 Å². The molecular formula is C10H14ClN3O. The number of anilines is 1. The van der Waals surface area contributed by atoms with Gasteiger partial charge in [0.25, 0.3) is 0 Å². The van der Waals surface area contributed by atoms with Gasteiger partial charge in [-0.25, -0.2) is 9.97 Å². The van der Waals surface area contributed by atoms with Gasteiger partial charge in [0.1, 0.15) is 17.3 Å². The zero-order valence-electron chi connectivity index (χ0n) is 8.83. The second kappa shape index (κ2) is 5.66. The zero-order valence-corrected chi connectivity index (χ0v) is 9.58. The first-order valence-corrected chi connectivity index (χ1v) is 5.29. The molecule has 1 heterocycles. The lowest BCUT2D eigenvalue weighted by Crippen LogP contribution is -2.20. The van der Waals surface area contributed by atoms with E-state index in [4.69, 9.17) is 11.6 Å². The molecule has 0 saturated heterocycles. The van der Waals surface area contributed by atoms with E-state index >= 15 is 0 Å². The predicted molar refractivity (Wildman–Crippen MR) is 59.7 cm³/mol. The summed E-state index contributed by atoms with van der Waals surface area (Å²) in [5.41, 5.74) is 0. The van der Waals surface area contributed by atoms with E-state index < -0.39 is 0 Å². The average molecular weight is 228 g/mol. The smallest absolute Gasteiger partial charge is 0.228 e. The van der Waals surface area contributed by atoms with Crippen molar-refractivity contribution in [2.75, 3.05) is 5.32 Å². The molecule has 0 aliphatic rings. The first-order valence-electron chi connectivity index (χ1n) is 4.92. The van der Waals surface area contributed by atoms with Crippen molar-refractivity contribution in [3.05, 3.63) is 17.5 Å². The number of halogens is 1. The fourth-order valence-electron chi connectivity index (χ4n) is 1.22. The Labute approximate surface area is 94.1 Å². The fraction of sp³-hybridized carbons (Fsp3) is 0.500. The van der Waals surface area contributed by atoms with Crippen molar-refractivity contribution in [2.24, 2.45) is 5.92 Å². The molecule has 1 aromatic rings. The molecule has 0 bridgehead atoms. The Morgan fingerprint density at radius 1 is 1.60 bits per heavy atom. The summed E-state index contributed by atoms with van der Waals surface area (Å²) in [4.78, 5) is 19.2. The van der Waals surface area contributed by atoms with Crippen LogP contribution >= 0.6 is 11.6 Å². The second-order valence-electron chi connectivity index (χ2n) is 3.40. The van der Waals surface area contributed by atoms with E-state index in [1.54, 1.807) is 0 Å². The minimum Gasteiger partial charge on any atom is -0.310 e. The van der Waals surface area contributed by atoms with Crippen LogP contribution in [0.2, 0.25) is 5.15 Å². The minimum atomic E-state index is -0.0355. The highest BCUT2D eigenvalue weighted by Crippen LogP contribution is 2.12. The Hall–Kier alpha value is -1.16. The monoisotopic (exact) mass is 227 g/mol. The van der Waals surface area contributed by atoms with Gasteiger partial charge < -0.3 is 5.32 Å². The van der Waals surface area contributed by atoms with E-state index in [1.165, 1.54) is 12.4 Å². The van der Waals surface area contributed by atoms with E-state index in [9.17, 15) is 4.79 Å². The van der Waals surface area contributed by atoms with Gasteiger partial charge >= 0.3 is 0 Å². The number of carbonyl (C=O) groups is 1.